The first-order valence-corrected chi connectivity index (χ1v) is 10.5. The minimum Gasteiger partial charge on any atom is -0.423 e. The van der Waals surface area contributed by atoms with Crippen LogP contribution in [-0.4, -0.2) is 57.7 Å². The molecule has 7 nitrogen and oxygen atoms in total. The van der Waals surface area contributed by atoms with Crippen LogP contribution < -0.4 is 4.90 Å². The topological polar surface area (TPSA) is 62.7 Å². The summed E-state index contributed by atoms with van der Waals surface area (Å²) in [6.07, 6.45) is 0.745. The number of imidazole rings is 1. The molecular formula is C22H23F3N6O. The quantitative estimate of drug-likeness (QED) is 0.463. The largest absolute Gasteiger partial charge is 0.423 e. The highest BCUT2D eigenvalue weighted by molar-refractivity contribution is 5.81. The summed E-state index contributed by atoms with van der Waals surface area (Å²) in [6, 6.07) is 4.96. The molecule has 0 bridgehead atoms. The highest BCUT2D eigenvalue weighted by atomic mass is 19.3. The van der Waals surface area contributed by atoms with Gasteiger partial charge in [-0.2, -0.15) is 10.1 Å². The second kappa shape index (κ2) is 7.77. The number of aromatic nitrogens is 4. The molecule has 4 heterocycles. The highest BCUT2D eigenvalue weighted by Gasteiger charge is 2.25. The number of rotatable bonds is 4. The second-order valence-corrected chi connectivity index (χ2v) is 8.42. The predicted molar refractivity (Wildman–Crippen MR) is 115 cm³/mol. The van der Waals surface area contributed by atoms with Crippen LogP contribution in [0.4, 0.5) is 19.2 Å². The predicted octanol–water partition coefficient (Wildman–Crippen LogP) is 4.45. The fraction of sp³-hybridized carbons (Fsp3) is 0.409. The van der Waals surface area contributed by atoms with Crippen LogP contribution in [0.25, 0.3) is 28.0 Å². The average Bonchev–Trinajstić information content (AvgIpc) is 3.35. The Balaban J connectivity index is 1.53. The Morgan fingerprint density at radius 3 is 2.56 bits per heavy atom. The van der Waals surface area contributed by atoms with Gasteiger partial charge in [0.15, 0.2) is 17.0 Å². The Morgan fingerprint density at radius 2 is 1.88 bits per heavy atom. The van der Waals surface area contributed by atoms with Gasteiger partial charge in [0, 0.05) is 24.7 Å². The van der Waals surface area contributed by atoms with Crippen molar-refractivity contribution in [2.45, 2.75) is 32.2 Å². The number of nitrogens with zero attached hydrogens (tertiary/aromatic N) is 6. The molecule has 4 aromatic rings. The fourth-order valence-corrected chi connectivity index (χ4v) is 4.25. The number of fused-ring (bicyclic) bond motifs is 2. The van der Waals surface area contributed by atoms with E-state index in [4.69, 9.17) is 4.42 Å². The number of alkyl halides is 2. The van der Waals surface area contributed by atoms with Gasteiger partial charge < -0.3 is 14.2 Å². The van der Waals surface area contributed by atoms with E-state index in [-0.39, 0.29) is 28.0 Å². The van der Waals surface area contributed by atoms with E-state index < -0.39 is 12.2 Å². The Morgan fingerprint density at radius 1 is 1.12 bits per heavy atom. The molecule has 0 spiro atoms. The molecule has 0 radical (unpaired) electrons. The third-order valence-corrected chi connectivity index (χ3v) is 6.01. The van der Waals surface area contributed by atoms with Crippen molar-refractivity contribution < 1.29 is 17.6 Å². The number of hydrogen-bond acceptors (Lipinski definition) is 6. The molecule has 10 heteroatoms. The van der Waals surface area contributed by atoms with Gasteiger partial charge in [-0.05, 0) is 52.1 Å². The Labute approximate surface area is 182 Å². The summed E-state index contributed by atoms with van der Waals surface area (Å²) in [4.78, 5) is 12.7. The Hall–Kier alpha value is -3.14. The minimum atomic E-state index is -2.74. The smallest absolute Gasteiger partial charge is 0.298 e. The molecule has 1 aromatic carbocycles. The van der Waals surface area contributed by atoms with E-state index in [2.05, 4.69) is 34.1 Å². The molecule has 0 N–H and O–H groups in total. The summed E-state index contributed by atoms with van der Waals surface area (Å²) in [5, 5.41) is 4.36. The van der Waals surface area contributed by atoms with E-state index in [9.17, 15) is 13.2 Å². The van der Waals surface area contributed by atoms with Gasteiger partial charge >= 0.3 is 0 Å². The summed E-state index contributed by atoms with van der Waals surface area (Å²) in [5.41, 5.74) is 1.31. The van der Waals surface area contributed by atoms with E-state index in [0.717, 1.165) is 25.9 Å². The van der Waals surface area contributed by atoms with E-state index in [0.29, 0.717) is 23.3 Å². The fourth-order valence-electron chi connectivity index (χ4n) is 4.25. The second-order valence-electron chi connectivity index (χ2n) is 8.42. The maximum absolute atomic E-state index is 14.9. The first kappa shape index (κ1) is 20.7. The van der Waals surface area contributed by atoms with E-state index in [1.807, 2.05) is 4.90 Å². The lowest BCUT2D eigenvalue weighted by atomic mass is 10.0. The maximum Gasteiger partial charge on any atom is 0.298 e. The summed E-state index contributed by atoms with van der Waals surface area (Å²) in [6.45, 7) is 3.23. The molecule has 1 fully saturated rings. The van der Waals surface area contributed by atoms with Gasteiger partial charge in [0.2, 0.25) is 0 Å². The molecular weight excluding hydrogens is 421 g/mol. The lowest BCUT2D eigenvalue weighted by Gasteiger charge is -2.34. The molecule has 1 saturated heterocycles. The molecule has 1 aliphatic heterocycles. The maximum atomic E-state index is 14.9. The van der Waals surface area contributed by atoms with Crippen LogP contribution >= 0.6 is 0 Å². The first-order chi connectivity index (χ1) is 15.3. The van der Waals surface area contributed by atoms with Crippen LogP contribution in [0.5, 0.6) is 0 Å². The number of aryl methyl sites for hydroxylation is 1. The van der Waals surface area contributed by atoms with Crippen molar-refractivity contribution in [3.63, 3.8) is 0 Å². The first-order valence-electron chi connectivity index (χ1n) is 10.5. The lowest BCUT2D eigenvalue weighted by molar-refractivity contribution is 0.152. The van der Waals surface area contributed by atoms with Gasteiger partial charge in [0.1, 0.15) is 5.52 Å². The zero-order valence-electron chi connectivity index (χ0n) is 18.0. The summed E-state index contributed by atoms with van der Waals surface area (Å²) in [5.74, 6) is -0.585. The summed E-state index contributed by atoms with van der Waals surface area (Å²) in [7, 11) is 4.12. The van der Waals surface area contributed by atoms with Gasteiger partial charge in [0.05, 0.1) is 23.1 Å². The number of oxazole rings is 1. The number of hydrogen-bond donors (Lipinski definition) is 0. The van der Waals surface area contributed by atoms with E-state index in [1.165, 1.54) is 16.6 Å². The Kier molecular flexibility index (Phi) is 5.04. The number of halogens is 3. The van der Waals surface area contributed by atoms with Crippen molar-refractivity contribution in [1.82, 2.24) is 24.5 Å². The van der Waals surface area contributed by atoms with Gasteiger partial charge in [-0.1, -0.05) is 0 Å². The molecule has 0 atom stereocenters. The van der Waals surface area contributed by atoms with Crippen LogP contribution in [0.1, 0.15) is 30.5 Å². The van der Waals surface area contributed by atoms with Crippen LogP contribution in [0, 0.1) is 12.7 Å². The standard InChI is InChI=1S/C22H23F3N6O/c1-12-11-31-21(26-12)15(20(24)25)10-17(28-31)13-8-16(23)19-18(9-13)32-22(27-19)30-6-4-14(5-7-30)29(2)3/h8-11,14,20H,4-7H2,1-3H3. The van der Waals surface area contributed by atoms with Crippen molar-refractivity contribution in [3.05, 3.63) is 41.5 Å². The Bertz CT molecular complexity index is 1290. The van der Waals surface area contributed by atoms with Gasteiger partial charge in [-0.3, -0.25) is 0 Å². The van der Waals surface area contributed by atoms with Gasteiger partial charge in [0.25, 0.3) is 12.4 Å². The third kappa shape index (κ3) is 3.58. The lowest BCUT2D eigenvalue weighted by Crippen LogP contribution is -2.42. The number of piperidine rings is 1. The summed E-state index contributed by atoms with van der Waals surface area (Å²) >= 11 is 0. The molecule has 0 aliphatic carbocycles. The molecule has 5 rings (SSSR count). The third-order valence-electron chi connectivity index (χ3n) is 6.01. The van der Waals surface area contributed by atoms with Gasteiger partial charge in [-0.25, -0.2) is 22.7 Å². The van der Waals surface area contributed by atoms with Crippen molar-refractivity contribution in [1.29, 1.82) is 0 Å². The molecule has 1 aliphatic rings. The molecule has 32 heavy (non-hydrogen) atoms. The number of anilines is 1. The zero-order valence-corrected chi connectivity index (χ0v) is 18.0. The molecule has 0 unspecified atom stereocenters. The van der Waals surface area contributed by atoms with E-state index in [1.54, 1.807) is 19.2 Å². The highest BCUT2D eigenvalue weighted by Crippen LogP contribution is 2.32. The van der Waals surface area contributed by atoms with Crippen LogP contribution in [-0.2, 0) is 0 Å². The van der Waals surface area contributed by atoms with Crippen LogP contribution in [0.15, 0.2) is 28.8 Å². The van der Waals surface area contributed by atoms with Crippen molar-refractivity contribution in [3.8, 4) is 11.3 Å². The average molecular weight is 444 g/mol. The minimum absolute atomic E-state index is 0.0888. The summed E-state index contributed by atoms with van der Waals surface area (Å²) < 4.78 is 49.4. The van der Waals surface area contributed by atoms with Crippen molar-refractivity contribution in [2.24, 2.45) is 0 Å². The van der Waals surface area contributed by atoms with Gasteiger partial charge in [-0.15, -0.1) is 0 Å². The molecule has 0 saturated carbocycles. The van der Waals surface area contributed by atoms with Crippen molar-refractivity contribution >= 4 is 22.8 Å². The monoisotopic (exact) mass is 444 g/mol. The zero-order chi connectivity index (χ0) is 22.6. The van der Waals surface area contributed by atoms with E-state index >= 15 is 0 Å². The van der Waals surface area contributed by atoms with Crippen LogP contribution in [0.3, 0.4) is 0 Å². The number of benzene rings is 1. The normalized spacial score (nSPS) is 15.7. The van der Waals surface area contributed by atoms with Crippen LogP contribution in [0.2, 0.25) is 0 Å². The van der Waals surface area contributed by atoms with Crippen molar-refractivity contribution in [2.75, 3.05) is 32.1 Å². The SMILES string of the molecule is Cc1cn2nc(-c3cc(F)c4nc(N5CCC(N(C)C)CC5)oc4c3)cc(C(F)F)c2n1. The molecule has 3 aromatic heterocycles. The molecule has 168 valence electrons. The molecule has 0 amide bonds.